The number of fused-ring (bicyclic) bond motifs is 1. The standard InChI is InChI=1S/C24H23F4N3O3/c1-2-3-8-31-22(33)17-6-5-16(14-18(17)23(31)34)29-9-11-30(12-10-29)21(32)19-13-15(25)4-7-20(19)24(26,27)28/h4-7,13-14H,2-3,8-12H2,1H3. The summed E-state index contributed by atoms with van der Waals surface area (Å²) in [7, 11) is 0. The lowest BCUT2D eigenvalue weighted by Gasteiger charge is -2.36. The van der Waals surface area contributed by atoms with Crippen LogP contribution in [0.4, 0.5) is 23.2 Å². The molecule has 2 aromatic rings. The molecule has 10 heteroatoms. The fourth-order valence-corrected chi connectivity index (χ4v) is 4.27. The van der Waals surface area contributed by atoms with E-state index in [0.717, 1.165) is 12.8 Å². The van der Waals surface area contributed by atoms with E-state index in [1.54, 1.807) is 18.2 Å². The van der Waals surface area contributed by atoms with E-state index in [1.807, 2.05) is 11.8 Å². The second kappa shape index (κ2) is 9.08. The van der Waals surface area contributed by atoms with E-state index in [-0.39, 0.29) is 24.9 Å². The molecule has 34 heavy (non-hydrogen) atoms. The summed E-state index contributed by atoms with van der Waals surface area (Å²) in [6, 6.07) is 6.85. The van der Waals surface area contributed by atoms with Gasteiger partial charge in [0.05, 0.1) is 22.3 Å². The molecular formula is C24H23F4N3O3. The van der Waals surface area contributed by atoms with Crippen LogP contribution in [0.15, 0.2) is 36.4 Å². The van der Waals surface area contributed by atoms with Gasteiger partial charge in [0, 0.05) is 38.4 Å². The summed E-state index contributed by atoms with van der Waals surface area (Å²) in [6.45, 7) is 3.20. The van der Waals surface area contributed by atoms with Crippen molar-refractivity contribution in [3.63, 3.8) is 0 Å². The molecule has 0 aromatic heterocycles. The molecule has 2 heterocycles. The summed E-state index contributed by atoms with van der Waals surface area (Å²) in [5, 5.41) is 0. The SMILES string of the molecule is CCCCN1C(=O)c2ccc(N3CCN(C(=O)c4cc(F)ccc4C(F)(F)F)CC3)cc2C1=O. The van der Waals surface area contributed by atoms with Crippen molar-refractivity contribution < 1.29 is 31.9 Å². The van der Waals surface area contributed by atoms with Crippen molar-refractivity contribution in [1.29, 1.82) is 0 Å². The van der Waals surface area contributed by atoms with Crippen LogP contribution in [0.1, 0.15) is 56.4 Å². The monoisotopic (exact) mass is 477 g/mol. The minimum absolute atomic E-state index is 0.124. The molecule has 2 aromatic carbocycles. The minimum Gasteiger partial charge on any atom is -0.368 e. The first-order valence-corrected chi connectivity index (χ1v) is 11.0. The van der Waals surface area contributed by atoms with Gasteiger partial charge in [-0.15, -0.1) is 0 Å². The number of hydrogen-bond donors (Lipinski definition) is 0. The Bertz CT molecular complexity index is 1140. The van der Waals surface area contributed by atoms with Crippen molar-refractivity contribution in [2.24, 2.45) is 0 Å². The van der Waals surface area contributed by atoms with Gasteiger partial charge in [0.1, 0.15) is 5.82 Å². The van der Waals surface area contributed by atoms with Gasteiger partial charge in [-0.25, -0.2) is 4.39 Å². The number of amides is 3. The highest BCUT2D eigenvalue weighted by Gasteiger charge is 2.38. The van der Waals surface area contributed by atoms with Crippen molar-refractivity contribution in [3.05, 3.63) is 64.5 Å². The Labute approximate surface area is 193 Å². The van der Waals surface area contributed by atoms with Gasteiger partial charge in [-0.3, -0.25) is 19.3 Å². The lowest BCUT2D eigenvalue weighted by molar-refractivity contribution is -0.138. The van der Waals surface area contributed by atoms with Crippen LogP contribution in [0.2, 0.25) is 0 Å². The number of rotatable bonds is 5. The Morgan fingerprint density at radius 3 is 2.26 bits per heavy atom. The minimum atomic E-state index is -4.78. The molecule has 3 amide bonds. The number of benzene rings is 2. The van der Waals surface area contributed by atoms with Crippen molar-refractivity contribution in [1.82, 2.24) is 9.80 Å². The molecule has 0 saturated carbocycles. The number of carbonyl (C=O) groups excluding carboxylic acids is 3. The van der Waals surface area contributed by atoms with Crippen LogP contribution in [0, 0.1) is 5.82 Å². The fourth-order valence-electron chi connectivity index (χ4n) is 4.27. The highest BCUT2D eigenvalue weighted by molar-refractivity contribution is 6.21. The first-order valence-electron chi connectivity index (χ1n) is 11.0. The van der Waals surface area contributed by atoms with Gasteiger partial charge in [-0.05, 0) is 42.8 Å². The van der Waals surface area contributed by atoms with E-state index in [9.17, 15) is 31.9 Å². The zero-order valence-corrected chi connectivity index (χ0v) is 18.5. The van der Waals surface area contributed by atoms with Gasteiger partial charge in [0.15, 0.2) is 0 Å². The summed E-state index contributed by atoms with van der Waals surface area (Å²) < 4.78 is 53.5. The van der Waals surface area contributed by atoms with Crippen molar-refractivity contribution in [2.75, 3.05) is 37.6 Å². The molecule has 1 fully saturated rings. The molecule has 0 radical (unpaired) electrons. The van der Waals surface area contributed by atoms with E-state index in [1.165, 1.54) is 9.80 Å². The smallest absolute Gasteiger partial charge is 0.368 e. The third-order valence-corrected chi connectivity index (χ3v) is 6.14. The first kappa shape index (κ1) is 23.7. The van der Waals surface area contributed by atoms with Crippen LogP contribution < -0.4 is 4.90 Å². The third kappa shape index (κ3) is 4.36. The number of hydrogen-bond acceptors (Lipinski definition) is 4. The molecule has 6 nitrogen and oxygen atoms in total. The Balaban J connectivity index is 1.47. The van der Waals surface area contributed by atoms with Crippen LogP contribution >= 0.6 is 0 Å². The zero-order chi connectivity index (χ0) is 24.6. The number of halogens is 4. The van der Waals surface area contributed by atoms with E-state index < -0.39 is 29.0 Å². The average molecular weight is 477 g/mol. The Morgan fingerprint density at radius 2 is 1.62 bits per heavy atom. The number of unbranched alkanes of at least 4 members (excludes halogenated alkanes) is 1. The normalized spacial score (nSPS) is 16.3. The maximum absolute atomic E-state index is 13.6. The summed E-state index contributed by atoms with van der Waals surface area (Å²) >= 11 is 0. The lowest BCUT2D eigenvalue weighted by Crippen LogP contribution is -2.49. The highest BCUT2D eigenvalue weighted by atomic mass is 19.4. The van der Waals surface area contributed by atoms with Crippen LogP contribution in [0.3, 0.4) is 0 Å². The third-order valence-electron chi connectivity index (χ3n) is 6.14. The number of imide groups is 1. The maximum atomic E-state index is 13.6. The molecule has 0 aliphatic carbocycles. The second-order valence-corrected chi connectivity index (χ2v) is 8.31. The van der Waals surface area contributed by atoms with Crippen LogP contribution in [-0.4, -0.2) is 60.2 Å². The van der Waals surface area contributed by atoms with Crippen LogP contribution in [-0.2, 0) is 6.18 Å². The quantitative estimate of drug-likeness (QED) is 0.479. The molecule has 180 valence electrons. The molecule has 0 unspecified atom stereocenters. The topological polar surface area (TPSA) is 60.9 Å². The van der Waals surface area contributed by atoms with Crippen LogP contribution in [0.25, 0.3) is 0 Å². The molecule has 0 spiro atoms. The number of carbonyl (C=O) groups is 3. The van der Waals surface area contributed by atoms with Gasteiger partial charge >= 0.3 is 6.18 Å². The highest BCUT2D eigenvalue weighted by Crippen LogP contribution is 2.33. The van der Waals surface area contributed by atoms with Crippen molar-refractivity contribution in [2.45, 2.75) is 25.9 Å². The van der Waals surface area contributed by atoms with Crippen LogP contribution in [0.5, 0.6) is 0 Å². The molecule has 0 bridgehead atoms. The summed E-state index contributed by atoms with van der Waals surface area (Å²) in [5.74, 6) is -2.45. The average Bonchev–Trinajstić information content (AvgIpc) is 3.05. The molecule has 2 aliphatic heterocycles. The zero-order valence-electron chi connectivity index (χ0n) is 18.5. The number of anilines is 1. The molecular weight excluding hydrogens is 454 g/mol. The van der Waals surface area contributed by atoms with E-state index in [0.29, 0.717) is 54.6 Å². The second-order valence-electron chi connectivity index (χ2n) is 8.31. The summed E-state index contributed by atoms with van der Waals surface area (Å²) in [6.07, 6.45) is -3.21. The Kier molecular flexibility index (Phi) is 6.33. The molecule has 4 rings (SSSR count). The van der Waals surface area contributed by atoms with Gasteiger partial charge in [0.2, 0.25) is 0 Å². The predicted molar refractivity (Wildman–Crippen MR) is 116 cm³/mol. The largest absolute Gasteiger partial charge is 0.417 e. The van der Waals surface area contributed by atoms with Gasteiger partial charge in [-0.2, -0.15) is 13.2 Å². The van der Waals surface area contributed by atoms with E-state index >= 15 is 0 Å². The van der Waals surface area contributed by atoms with Gasteiger partial charge in [0.25, 0.3) is 17.7 Å². The first-order chi connectivity index (χ1) is 16.1. The summed E-state index contributed by atoms with van der Waals surface area (Å²) in [5.41, 5.74) is -0.521. The van der Waals surface area contributed by atoms with E-state index in [4.69, 9.17) is 0 Å². The summed E-state index contributed by atoms with van der Waals surface area (Å²) in [4.78, 5) is 42.4. The Morgan fingerprint density at radius 1 is 0.941 bits per heavy atom. The molecule has 0 N–H and O–H groups in total. The maximum Gasteiger partial charge on any atom is 0.417 e. The molecule has 2 aliphatic rings. The molecule has 0 atom stereocenters. The van der Waals surface area contributed by atoms with Gasteiger partial charge < -0.3 is 9.80 Å². The van der Waals surface area contributed by atoms with Gasteiger partial charge in [-0.1, -0.05) is 13.3 Å². The van der Waals surface area contributed by atoms with Crippen molar-refractivity contribution in [3.8, 4) is 0 Å². The predicted octanol–water partition coefficient (Wildman–Crippen LogP) is 4.20. The lowest BCUT2D eigenvalue weighted by atomic mass is 10.0. The number of piperazine rings is 1. The van der Waals surface area contributed by atoms with Crippen molar-refractivity contribution >= 4 is 23.4 Å². The number of alkyl halides is 3. The fraction of sp³-hybridized carbons (Fsp3) is 0.375. The number of nitrogens with zero attached hydrogens (tertiary/aromatic N) is 3. The Hall–Kier alpha value is -3.43. The molecule has 1 saturated heterocycles. The van der Waals surface area contributed by atoms with E-state index in [2.05, 4.69) is 0 Å².